The normalized spacial score (nSPS) is 9.60. The van der Waals surface area contributed by atoms with Crippen molar-refractivity contribution in [2.75, 3.05) is 13.2 Å². The minimum absolute atomic E-state index is 0. The monoisotopic (exact) mass is 467 g/mol. The SMILES string of the molecule is CCCOC([S-])[S-].CCCOC([S-])[S-].[Pt+4]. The first kappa shape index (κ1) is 22.2. The Morgan fingerprint density at radius 3 is 1.13 bits per heavy atom. The first-order valence-electron chi connectivity index (χ1n) is 4.41. The van der Waals surface area contributed by atoms with Gasteiger partial charge in [0.1, 0.15) is 0 Å². The van der Waals surface area contributed by atoms with Crippen LogP contribution >= 0.6 is 0 Å². The van der Waals surface area contributed by atoms with Crippen molar-refractivity contribution in [1.29, 1.82) is 0 Å². The second-order valence-electron chi connectivity index (χ2n) is 2.32. The number of rotatable bonds is 6. The van der Waals surface area contributed by atoms with Crippen LogP contribution in [0.1, 0.15) is 26.7 Å². The Bertz CT molecular complexity index is 94.6. The molecule has 0 heterocycles. The van der Waals surface area contributed by atoms with Crippen LogP contribution in [0.4, 0.5) is 0 Å². The van der Waals surface area contributed by atoms with Gasteiger partial charge in [-0.15, -0.1) is 0 Å². The van der Waals surface area contributed by atoms with E-state index in [4.69, 9.17) is 9.47 Å². The summed E-state index contributed by atoms with van der Waals surface area (Å²) in [5.74, 6) is 0. The van der Waals surface area contributed by atoms with Gasteiger partial charge in [0.15, 0.2) is 0 Å². The van der Waals surface area contributed by atoms with E-state index in [1.165, 1.54) is 0 Å². The van der Waals surface area contributed by atoms with Crippen molar-refractivity contribution < 1.29 is 30.5 Å². The molecule has 0 aromatic rings. The summed E-state index contributed by atoms with van der Waals surface area (Å²) in [4.78, 5) is 0. The number of hydrogen-bond acceptors (Lipinski definition) is 6. The van der Waals surface area contributed by atoms with Gasteiger partial charge in [-0.1, -0.05) is 13.8 Å². The maximum atomic E-state index is 4.82. The number of hydrogen-bond donors (Lipinski definition) is 0. The minimum atomic E-state index is -0.431. The van der Waals surface area contributed by atoms with Gasteiger partial charge in [0.2, 0.25) is 0 Å². The van der Waals surface area contributed by atoms with Crippen molar-refractivity contribution >= 4 is 50.5 Å². The standard InChI is InChI=1S/2C4H10OS2.Pt/c2*1-2-3-5-4(6)7;/h2*4,6-7H,2-3H2,1H3;/q;;+4/p-4. The first-order chi connectivity index (χ1) is 6.54. The zero-order valence-corrected chi connectivity index (χ0v) is 14.3. The van der Waals surface area contributed by atoms with Crippen molar-refractivity contribution in [3.05, 3.63) is 0 Å². The number of ether oxygens (including phenoxy) is 2. The summed E-state index contributed by atoms with van der Waals surface area (Å²) in [5, 5.41) is 0. The van der Waals surface area contributed by atoms with Crippen LogP contribution in [0.2, 0.25) is 0 Å². The van der Waals surface area contributed by atoms with Crippen LogP contribution in [0.25, 0.3) is 0 Å². The van der Waals surface area contributed by atoms with E-state index >= 15 is 0 Å². The molecule has 0 radical (unpaired) electrons. The van der Waals surface area contributed by atoms with Gasteiger partial charge in [-0.25, -0.2) is 0 Å². The molecule has 0 N–H and O–H groups in total. The Morgan fingerprint density at radius 1 is 0.800 bits per heavy atom. The average molecular weight is 468 g/mol. The summed E-state index contributed by atoms with van der Waals surface area (Å²) in [7, 11) is 0. The van der Waals surface area contributed by atoms with E-state index in [2.05, 4.69) is 50.5 Å². The van der Waals surface area contributed by atoms with Crippen LogP contribution in [-0.4, -0.2) is 22.7 Å². The molecule has 0 spiro atoms. The van der Waals surface area contributed by atoms with Crippen molar-refractivity contribution in [3.63, 3.8) is 0 Å². The van der Waals surface area contributed by atoms with Crippen molar-refractivity contribution in [1.82, 2.24) is 0 Å². The summed E-state index contributed by atoms with van der Waals surface area (Å²) in [6.45, 7) is 5.43. The maximum Gasteiger partial charge on any atom is 4.00 e. The predicted molar refractivity (Wildman–Crippen MR) is 69.5 cm³/mol. The Kier molecular flexibility index (Phi) is 27.2. The van der Waals surface area contributed by atoms with Crippen LogP contribution in [-0.2, 0) is 81.1 Å². The second-order valence-corrected chi connectivity index (χ2v) is 4.63. The molecule has 0 aliphatic carbocycles. The smallest absolute Gasteiger partial charge is 0.788 e. The molecule has 2 nitrogen and oxygen atoms in total. The van der Waals surface area contributed by atoms with E-state index in [0.717, 1.165) is 12.8 Å². The van der Waals surface area contributed by atoms with Crippen LogP contribution in [0.5, 0.6) is 0 Å². The van der Waals surface area contributed by atoms with Gasteiger partial charge in [0.05, 0.1) is 0 Å². The van der Waals surface area contributed by atoms with Gasteiger partial charge in [-0.3, -0.25) is 0 Å². The topological polar surface area (TPSA) is 18.5 Å². The van der Waals surface area contributed by atoms with E-state index in [1.807, 2.05) is 13.8 Å². The predicted octanol–water partition coefficient (Wildman–Crippen LogP) is 1.58. The summed E-state index contributed by atoms with van der Waals surface area (Å²) in [5.41, 5.74) is 0. The first-order valence-corrected chi connectivity index (χ1v) is 6.29. The van der Waals surface area contributed by atoms with E-state index in [1.54, 1.807) is 0 Å². The molecule has 0 unspecified atom stereocenters. The molecule has 0 rings (SSSR count). The Morgan fingerprint density at radius 2 is 1.07 bits per heavy atom. The largest absolute Gasteiger partial charge is 4.00 e. The third kappa shape index (κ3) is 31.4. The summed E-state index contributed by atoms with van der Waals surface area (Å²) < 4.78 is 8.78. The maximum absolute atomic E-state index is 4.82. The molecule has 15 heavy (non-hydrogen) atoms. The molecule has 0 atom stereocenters. The van der Waals surface area contributed by atoms with Gasteiger partial charge >= 0.3 is 21.1 Å². The second kappa shape index (κ2) is 18.4. The van der Waals surface area contributed by atoms with Crippen LogP contribution in [0, 0.1) is 0 Å². The molecular formula is C8H16O2PtS4. The van der Waals surface area contributed by atoms with Crippen molar-refractivity contribution in [2.45, 2.75) is 36.2 Å². The van der Waals surface area contributed by atoms with Gasteiger partial charge in [0.25, 0.3) is 0 Å². The van der Waals surface area contributed by atoms with E-state index < -0.39 is 9.54 Å². The Labute approximate surface area is 130 Å². The molecule has 0 saturated heterocycles. The van der Waals surface area contributed by atoms with E-state index in [9.17, 15) is 0 Å². The zero-order chi connectivity index (χ0) is 11.4. The van der Waals surface area contributed by atoms with E-state index in [-0.39, 0.29) is 21.1 Å². The molecule has 0 aromatic heterocycles. The third-order valence-corrected chi connectivity index (χ3v) is 1.46. The molecule has 0 aliphatic rings. The molecular weight excluding hydrogens is 451 g/mol. The molecule has 94 valence electrons. The fraction of sp³-hybridized carbons (Fsp3) is 1.00. The molecule has 7 heteroatoms. The van der Waals surface area contributed by atoms with Gasteiger partial charge in [-0.2, -0.15) is 9.54 Å². The van der Waals surface area contributed by atoms with Crippen LogP contribution in [0.15, 0.2) is 0 Å². The van der Waals surface area contributed by atoms with Gasteiger partial charge in [-0.05, 0) is 12.8 Å². The van der Waals surface area contributed by atoms with Crippen LogP contribution < -0.4 is 0 Å². The van der Waals surface area contributed by atoms with E-state index in [0.29, 0.717) is 13.2 Å². The molecule has 0 saturated carbocycles. The summed E-state index contributed by atoms with van der Waals surface area (Å²) in [6, 6.07) is 0. The third-order valence-electron chi connectivity index (χ3n) is 0.916. The fourth-order valence-corrected chi connectivity index (χ4v) is 0.813. The quantitative estimate of drug-likeness (QED) is 0.549. The Balaban J connectivity index is -0.000000180. The summed E-state index contributed by atoms with van der Waals surface area (Å²) in [6.07, 6.45) is 1.98. The van der Waals surface area contributed by atoms with Crippen LogP contribution in [0.3, 0.4) is 0 Å². The molecule has 0 amide bonds. The van der Waals surface area contributed by atoms with Crippen molar-refractivity contribution in [2.24, 2.45) is 0 Å². The molecule has 0 bridgehead atoms. The molecule has 0 fully saturated rings. The van der Waals surface area contributed by atoms with Crippen molar-refractivity contribution in [3.8, 4) is 0 Å². The van der Waals surface area contributed by atoms with Gasteiger partial charge in [0, 0.05) is 13.2 Å². The van der Waals surface area contributed by atoms with Gasteiger partial charge < -0.3 is 60.0 Å². The Hall–Kier alpha value is 2.01. The fourth-order valence-electron chi connectivity index (χ4n) is 0.428. The average Bonchev–Trinajstić information content (AvgIpc) is 2.12. The molecule has 0 aliphatic heterocycles. The summed E-state index contributed by atoms with van der Waals surface area (Å²) >= 11 is 18.1. The zero-order valence-electron chi connectivity index (χ0n) is 8.75. The molecule has 0 aromatic carbocycles. The minimum Gasteiger partial charge on any atom is -0.788 e.